The average Bonchev–Trinajstić information content (AvgIpc) is 3.51. The van der Waals surface area contributed by atoms with Crippen molar-refractivity contribution in [3.05, 3.63) is 51.2 Å². The molecule has 1 aromatic heterocycles. The van der Waals surface area contributed by atoms with Gasteiger partial charge in [-0.1, -0.05) is 32.0 Å². The fourth-order valence-corrected chi connectivity index (χ4v) is 6.25. The molecule has 0 unspecified atom stereocenters. The standard InChI is InChI=1S/C31H45FN4O6S/c1-22(2)29-34-25(20-43-29)30(38)36-14-17-42-31(21-36)10-12-35(13-11-31)19-24-7-5-6-23(28(24)32)8-15-41-16-9-26(37)33-18-27(39-3)40-4/h5-7,20,22,27H,8-19,21H2,1-4H3,(H,33,37). The summed E-state index contributed by atoms with van der Waals surface area (Å²) in [6.45, 7) is 8.68. The lowest BCUT2D eigenvalue weighted by Gasteiger charge is -2.47. The zero-order valence-corrected chi connectivity index (χ0v) is 26.6. The number of aromatic nitrogens is 1. The first-order valence-corrected chi connectivity index (χ1v) is 15.9. The van der Waals surface area contributed by atoms with Gasteiger partial charge in [-0.2, -0.15) is 0 Å². The van der Waals surface area contributed by atoms with E-state index in [2.05, 4.69) is 29.0 Å². The molecule has 0 radical (unpaired) electrons. The second-order valence-electron chi connectivity index (χ2n) is 11.5. The molecule has 2 fully saturated rings. The van der Waals surface area contributed by atoms with E-state index in [-0.39, 0.29) is 42.8 Å². The van der Waals surface area contributed by atoms with Gasteiger partial charge in [-0.3, -0.25) is 14.5 Å². The molecule has 3 heterocycles. The first-order chi connectivity index (χ1) is 20.7. The van der Waals surface area contributed by atoms with Crippen LogP contribution in [0.3, 0.4) is 0 Å². The summed E-state index contributed by atoms with van der Waals surface area (Å²) < 4.78 is 37.3. The minimum Gasteiger partial charge on any atom is -0.381 e. The van der Waals surface area contributed by atoms with E-state index in [0.29, 0.717) is 62.0 Å². The number of ether oxygens (including phenoxy) is 4. The van der Waals surface area contributed by atoms with E-state index in [0.717, 1.165) is 30.9 Å². The van der Waals surface area contributed by atoms with E-state index in [1.807, 2.05) is 22.4 Å². The van der Waals surface area contributed by atoms with Crippen molar-refractivity contribution < 1.29 is 32.9 Å². The number of carbonyl (C=O) groups is 2. The Balaban J connectivity index is 1.21. The molecule has 4 rings (SSSR count). The van der Waals surface area contributed by atoms with Crippen molar-refractivity contribution in [3.63, 3.8) is 0 Å². The number of benzene rings is 1. The highest BCUT2D eigenvalue weighted by atomic mass is 32.1. The summed E-state index contributed by atoms with van der Waals surface area (Å²) in [4.78, 5) is 33.8. The van der Waals surface area contributed by atoms with Crippen LogP contribution in [0.2, 0.25) is 0 Å². The lowest BCUT2D eigenvalue weighted by molar-refractivity contribution is -0.128. The van der Waals surface area contributed by atoms with E-state index in [1.54, 1.807) is 6.07 Å². The Kier molecular flexibility index (Phi) is 12.4. The monoisotopic (exact) mass is 620 g/mol. The molecule has 0 bridgehead atoms. The molecule has 2 saturated heterocycles. The Morgan fingerprint density at radius 1 is 1.14 bits per heavy atom. The van der Waals surface area contributed by atoms with Crippen LogP contribution >= 0.6 is 11.3 Å². The van der Waals surface area contributed by atoms with Crippen LogP contribution < -0.4 is 5.32 Å². The van der Waals surface area contributed by atoms with Gasteiger partial charge in [-0.15, -0.1) is 11.3 Å². The highest BCUT2D eigenvalue weighted by Gasteiger charge is 2.41. The van der Waals surface area contributed by atoms with Crippen LogP contribution in [0.25, 0.3) is 0 Å². The van der Waals surface area contributed by atoms with Gasteiger partial charge >= 0.3 is 0 Å². The quantitative estimate of drug-likeness (QED) is 0.253. The van der Waals surface area contributed by atoms with Gasteiger partial charge in [0.05, 0.1) is 43.5 Å². The molecular formula is C31H45FN4O6S. The number of methoxy groups -OCH3 is 2. The summed E-state index contributed by atoms with van der Waals surface area (Å²) in [7, 11) is 3.02. The number of halogens is 1. The molecule has 1 spiro atoms. The number of hydrogen-bond acceptors (Lipinski definition) is 9. The van der Waals surface area contributed by atoms with Crippen LogP contribution in [-0.4, -0.2) is 105 Å². The Labute approximate surface area is 257 Å². The van der Waals surface area contributed by atoms with Gasteiger partial charge < -0.3 is 29.2 Å². The van der Waals surface area contributed by atoms with Gasteiger partial charge in [0.25, 0.3) is 5.91 Å². The molecule has 12 heteroatoms. The minimum absolute atomic E-state index is 0.0262. The number of likely N-dealkylation sites (tertiary alicyclic amines) is 1. The molecule has 2 amide bonds. The Morgan fingerprint density at radius 3 is 2.58 bits per heavy atom. The van der Waals surface area contributed by atoms with Gasteiger partial charge in [0, 0.05) is 63.7 Å². The highest BCUT2D eigenvalue weighted by Crippen LogP contribution is 2.32. The SMILES string of the molecule is COC(CNC(=O)CCOCCc1cccc(CN2CCC3(CC2)CN(C(=O)c2csc(C(C)C)n2)CCO3)c1F)OC. The lowest BCUT2D eigenvalue weighted by Crippen LogP contribution is -2.58. The van der Waals surface area contributed by atoms with Crippen LogP contribution in [0.15, 0.2) is 23.6 Å². The number of amides is 2. The number of morpholine rings is 1. The van der Waals surface area contributed by atoms with Gasteiger partial charge in [0.1, 0.15) is 11.5 Å². The third-order valence-corrected chi connectivity index (χ3v) is 9.22. The number of nitrogens with one attached hydrogen (secondary N) is 1. The molecular weight excluding hydrogens is 575 g/mol. The molecule has 1 N–H and O–H groups in total. The van der Waals surface area contributed by atoms with E-state index >= 15 is 4.39 Å². The maximum atomic E-state index is 15.4. The van der Waals surface area contributed by atoms with Crippen molar-refractivity contribution in [1.82, 2.24) is 20.1 Å². The molecule has 2 aromatic rings. The topological polar surface area (TPSA) is 102 Å². The zero-order valence-electron chi connectivity index (χ0n) is 25.7. The second kappa shape index (κ2) is 16.0. The van der Waals surface area contributed by atoms with Crippen LogP contribution in [-0.2, 0) is 36.7 Å². The normalized spacial score (nSPS) is 17.2. The number of piperidine rings is 1. The lowest BCUT2D eigenvalue weighted by atomic mass is 9.89. The summed E-state index contributed by atoms with van der Waals surface area (Å²) in [6, 6.07) is 5.49. The predicted molar refractivity (Wildman–Crippen MR) is 162 cm³/mol. The molecule has 0 aliphatic carbocycles. The third kappa shape index (κ3) is 9.26. The first-order valence-electron chi connectivity index (χ1n) is 15.0. The van der Waals surface area contributed by atoms with E-state index < -0.39 is 6.29 Å². The number of thiazole rings is 1. The van der Waals surface area contributed by atoms with Crippen molar-refractivity contribution in [2.24, 2.45) is 0 Å². The number of hydrogen-bond donors (Lipinski definition) is 1. The largest absolute Gasteiger partial charge is 0.381 e. The van der Waals surface area contributed by atoms with Crippen molar-refractivity contribution in [2.45, 2.75) is 63.9 Å². The molecule has 0 saturated carbocycles. The summed E-state index contributed by atoms with van der Waals surface area (Å²) in [5.41, 5.74) is 1.41. The maximum Gasteiger partial charge on any atom is 0.273 e. The zero-order chi connectivity index (χ0) is 30.8. The first kappa shape index (κ1) is 33.4. The number of rotatable bonds is 14. The Morgan fingerprint density at radius 2 is 1.88 bits per heavy atom. The molecule has 1 aromatic carbocycles. The summed E-state index contributed by atoms with van der Waals surface area (Å²) in [5, 5.41) is 5.56. The molecule has 43 heavy (non-hydrogen) atoms. The molecule has 0 atom stereocenters. The molecule has 238 valence electrons. The van der Waals surface area contributed by atoms with E-state index in [1.165, 1.54) is 25.6 Å². The van der Waals surface area contributed by atoms with Crippen LogP contribution in [0, 0.1) is 5.82 Å². The summed E-state index contributed by atoms with van der Waals surface area (Å²) in [6.07, 6.45) is 1.71. The number of carbonyl (C=O) groups excluding carboxylic acids is 2. The van der Waals surface area contributed by atoms with Gasteiger partial charge in [-0.05, 0) is 24.8 Å². The second-order valence-corrected chi connectivity index (χ2v) is 12.4. The predicted octanol–water partition coefficient (Wildman–Crippen LogP) is 3.60. The third-order valence-electron chi connectivity index (χ3n) is 8.07. The fourth-order valence-electron chi connectivity index (χ4n) is 5.44. The van der Waals surface area contributed by atoms with Crippen LogP contribution in [0.4, 0.5) is 4.39 Å². The molecule has 2 aliphatic heterocycles. The van der Waals surface area contributed by atoms with Gasteiger partial charge in [0.2, 0.25) is 5.91 Å². The maximum absolute atomic E-state index is 15.4. The van der Waals surface area contributed by atoms with Gasteiger partial charge in [-0.25, -0.2) is 9.37 Å². The van der Waals surface area contributed by atoms with Gasteiger partial charge in [0.15, 0.2) is 6.29 Å². The van der Waals surface area contributed by atoms with Crippen LogP contribution in [0.1, 0.15) is 65.7 Å². The number of nitrogens with zero attached hydrogens (tertiary/aromatic N) is 3. The van der Waals surface area contributed by atoms with Crippen molar-refractivity contribution in [1.29, 1.82) is 0 Å². The van der Waals surface area contributed by atoms with Crippen LogP contribution in [0.5, 0.6) is 0 Å². The summed E-state index contributed by atoms with van der Waals surface area (Å²) in [5.74, 6) is -0.0913. The Bertz CT molecular complexity index is 1200. The van der Waals surface area contributed by atoms with Crippen molar-refractivity contribution in [3.8, 4) is 0 Å². The minimum atomic E-state index is -0.486. The van der Waals surface area contributed by atoms with Crippen molar-refractivity contribution >= 4 is 23.2 Å². The molecule has 2 aliphatic rings. The smallest absolute Gasteiger partial charge is 0.273 e. The summed E-state index contributed by atoms with van der Waals surface area (Å²) >= 11 is 1.54. The fraction of sp³-hybridized carbons (Fsp3) is 0.645. The van der Waals surface area contributed by atoms with Crippen molar-refractivity contribution in [2.75, 3.05) is 66.8 Å². The average molecular weight is 621 g/mol. The molecule has 10 nitrogen and oxygen atoms in total. The van der Waals surface area contributed by atoms with E-state index in [4.69, 9.17) is 18.9 Å². The highest BCUT2D eigenvalue weighted by molar-refractivity contribution is 7.09. The Hall–Kier alpha value is -2.48. The van der Waals surface area contributed by atoms with E-state index in [9.17, 15) is 9.59 Å².